The van der Waals surface area contributed by atoms with Gasteiger partial charge in [-0.15, -0.1) is 0 Å². The predicted molar refractivity (Wildman–Crippen MR) is 158 cm³/mol. The van der Waals surface area contributed by atoms with Crippen molar-refractivity contribution in [2.75, 3.05) is 13.1 Å². The summed E-state index contributed by atoms with van der Waals surface area (Å²) in [6, 6.07) is 1.46. The summed E-state index contributed by atoms with van der Waals surface area (Å²) < 4.78 is 0. The fourth-order valence-corrected chi connectivity index (χ4v) is 3.82. The van der Waals surface area contributed by atoms with E-state index in [0.29, 0.717) is 18.4 Å². The Balaban J connectivity index is 3.14. The molecule has 0 radical (unpaired) electrons. The van der Waals surface area contributed by atoms with Crippen LogP contribution in [0.4, 0.5) is 0 Å². The first-order valence-electron chi connectivity index (χ1n) is 13.5. The van der Waals surface area contributed by atoms with Gasteiger partial charge >= 0.3 is 5.97 Å². The van der Waals surface area contributed by atoms with Crippen LogP contribution in [0.3, 0.4) is 0 Å². The molecular formula is C26H44N10O6. The minimum Gasteiger partial charge on any atom is -0.508 e. The number of amides is 3. The number of carbonyl (C=O) groups excluding carboxylic acids is 3. The highest BCUT2D eigenvalue weighted by Gasteiger charge is 2.31. The Kier molecular flexibility index (Phi) is 15.1. The van der Waals surface area contributed by atoms with E-state index in [0.717, 1.165) is 0 Å². The van der Waals surface area contributed by atoms with Crippen LogP contribution in [0.25, 0.3) is 0 Å². The van der Waals surface area contributed by atoms with Gasteiger partial charge in [0, 0.05) is 19.5 Å². The van der Waals surface area contributed by atoms with Crippen molar-refractivity contribution in [3.05, 3.63) is 29.8 Å². The maximum Gasteiger partial charge on any atom is 0.326 e. The van der Waals surface area contributed by atoms with E-state index in [1.807, 2.05) is 0 Å². The fourth-order valence-electron chi connectivity index (χ4n) is 3.82. The second-order valence-corrected chi connectivity index (χ2v) is 10.1. The van der Waals surface area contributed by atoms with Gasteiger partial charge < -0.3 is 54.8 Å². The molecule has 0 aromatic heterocycles. The van der Waals surface area contributed by atoms with Crippen LogP contribution in [-0.2, 0) is 25.6 Å². The average molecular weight is 593 g/mol. The molecule has 0 spiro atoms. The molecule has 0 heterocycles. The lowest BCUT2D eigenvalue weighted by Gasteiger charge is -2.26. The number of nitrogens with one attached hydrogen (secondary N) is 3. The van der Waals surface area contributed by atoms with Gasteiger partial charge in [-0.05, 0) is 49.3 Å². The van der Waals surface area contributed by atoms with E-state index in [1.165, 1.54) is 12.1 Å². The van der Waals surface area contributed by atoms with Crippen LogP contribution in [0.2, 0.25) is 0 Å². The number of hydrogen-bond acceptors (Lipinski definition) is 8. The molecule has 42 heavy (non-hydrogen) atoms. The maximum atomic E-state index is 13.4. The normalized spacial score (nSPS) is 13.6. The topological polar surface area (TPSA) is 300 Å². The second kappa shape index (κ2) is 18.0. The number of carboxylic acid groups (broad SMARTS) is 1. The number of carbonyl (C=O) groups is 4. The summed E-state index contributed by atoms with van der Waals surface area (Å²) in [5, 5.41) is 26.9. The molecule has 15 N–H and O–H groups in total. The number of benzene rings is 1. The zero-order valence-corrected chi connectivity index (χ0v) is 24.0. The maximum absolute atomic E-state index is 13.4. The Hall–Kier alpha value is -4.60. The molecule has 16 heteroatoms. The molecule has 1 aromatic rings. The Morgan fingerprint density at radius 2 is 1.29 bits per heavy atom. The van der Waals surface area contributed by atoms with Crippen LogP contribution >= 0.6 is 0 Å². The summed E-state index contributed by atoms with van der Waals surface area (Å²) in [6.45, 7) is 3.72. The zero-order chi connectivity index (χ0) is 31.8. The van der Waals surface area contributed by atoms with E-state index in [2.05, 4.69) is 25.9 Å². The van der Waals surface area contributed by atoms with E-state index in [-0.39, 0.29) is 50.0 Å². The average Bonchev–Trinajstić information content (AvgIpc) is 2.91. The van der Waals surface area contributed by atoms with E-state index in [4.69, 9.17) is 28.7 Å². The molecule has 1 aromatic carbocycles. The van der Waals surface area contributed by atoms with Crippen molar-refractivity contribution in [1.29, 1.82) is 0 Å². The first kappa shape index (κ1) is 35.4. The number of phenols is 1. The number of aliphatic imine (C=N–C) groups is 2. The molecular weight excluding hydrogens is 548 g/mol. The molecule has 0 aliphatic carbocycles. The van der Waals surface area contributed by atoms with Gasteiger partial charge in [0.05, 0.1) is 6.04 Å². The van der Waals surface area contributed by atoms with Crippen LogP contribution in [0.5, 0.6) is 5.75 Å². The summed E-state index contributed by atoms with van der Waals surface area (Å²) in [5.41, 5.74) is 27.9. The first-order valence-corrected chi connectivity index (χ1v) is 13.5. The number of nitrogens with two attached hydrogens (primary N) is 5. The highest BCUT2D eigenvalue weighted by Crippen LogP contribution is 2.13. The van der Waals surface area contributed by atoms with Crippen molar-refractivity contribution < 1.29 is 29.4 Å². The van der Waals surface area contributed by atoms with E-state index >= 15 is 0 Å². The molecule has 0 saturated heterocycles. The smallest absolute Gasteiger partial charge is 0.326 e. The lowest BCUT2D eigenvalue weighted by Crippen LogP contribution is -2.58. The summed E-state index contributed by atoms with van der Waals surface area (Å²) in [4.78, 5) is 58.9. The molecule has 4 atom stereocenters. The molecule has 0 saturated carbocycles. The minimum absolute atomic E-state index is 0.00715. The Morgan fingerprint density at radius 1 is 0.786 bits per heavy atom. The van der Waals surface area contributed by atoms with Crippen LogP contribution in [0, 0.1) is 5.92 Å². The standard InChI is InChI=1S/C26H44N10O6/c1-14(2)20(24(41)42)36-23(40)19(13-15-7-9-16(37)10-8-15)35-22(39)18(6-4-12-33-26(30)31)34-21(38)17(27)5-3-11-32-25(28)29/h7-10,14,17-20,37H,3-6,11-13,27H2,1-2H3,(H,34,38)(H,35,39)(H,36,40)(H,41,42)(H4,28,29,32)(H4,30,31,33). The third-order valence-electron chi connectivity index (χ3n) is 6.12. The number of nitrogens with zero attached hydrogens (tertiary/aromatic N) is 2. The monoisotopic (exact) mass is 592 g/mol. The SMILES string of the molecule is CC(C)C(NC(=O)C(Cc1ccc(O)cc1)NC(=O)C(CCCN=C(N)N)NC(=O)C(N)CCCN=C(N)N)C(=O)O. The lowest BCUT2D eigenvalue weighted by molar-refractivity contribution is -0.143. The van der Waals surface area contributed by atoms with Crippen LogP contribution in [-0.4, -0.2) is 83.1 Å². The number of phenolic OH excluding ortho intramolecular Hbond substituents is 1. The van der Waals surface area contributed by atoms with Gasteiger partial charge in [-0.3, -0.25) is 24.4 Å². The van der Waals surface area contributed by atoms with Gasteiger partial charge in [-0.25, -0.2) is 4.79 Å². The molecule has 16 nitrogen and oxygen atoms in total. The van der Waals surface area contributed by atoms with Crippen molar-refractivity contribution in [3.63, 3.8) is 0 Å². The van der Waals surface area contributed by atoms with Gasteiger partial charge in [0.1, 0.15) is 23.9 Å². The number of aromatic hydroxyl groups is 1. The third kappa shape index (κ3) is 13.6. The van der Waals surface area contributed by atoms with Gasteiger partial charge in [0.15, 0.2) is 11.9 Å². The van der Waals surface area contributed by atoms with E-state index in [1.54, 1.807) is 26.0 Å². The lowest BCUT2D eigenvalue weighted by atomic mass is 10.0. The number of guanidine groups is 2. The van der Waals surface area contributed by atoms with Gasteiger partial charge in [-0.2, -0.15) is 0 Å². The predicted octanol–water partition coefficient (Wildman–Crippen LogP) is -2.44. The number of rotatable bonds is 18. The first-order chi connectivity index (χ1) is 19.7. The zero-order valence-electron chi connectivity index (χ0n) is 24.0. The van der Waals surface area contributed by atoms with E-state index < -0.39 is 53.8 Å². The highest BCUT2D eigenvalue weighted by molar-refractivity contribution is 5.94. The van der Waals surface area contributed by atoms with Gasteiger partial charge in [0.25, 0.3) is 0 Å². The van der Waals surface area contributed by atoms with E-state index in [9.17, 15) is 29.4 Å². The molecule has 4 unspecified atom stereocenters. The second-order valence-electron chi connectivity index (χ2n) is 10.1. The minimum atomic E-state index is -1.23. The summed E-state index contributed by atoms with van der Waals surface area (Å²) in [5.74, 6) is -3.92. The van der Waals surface area contributed by atoms with Crippen molar-refractivity contribution in [2.45, 2.75) is 70.1 Å². The number of carboxylic acids is 1. The molecule has 3 amide bonds. The Bertz CT molecular complexity index is 1100. The third-order valence-corrected chi connectivity index (χ3v) is 6.12. The van der Waals surface area contributed by atoms with Crippen molar-refractivity contribution in [2.24, 2.45) is 44.6 Å². The molecule has 0 fully saturated rings. The fraction of sp³-hybridized carbons (Fsp3) is 0.538. The van der Waals surface area contributed by atoms with Crippen molar-refractivity contribution in [1.82, 2.24) is 16.0 Å². The summed E-state index contributed by atoms with van der Waals surface area (Å²) in [6.07, 6.45) is 1.04. The molecule has 1 rings (SSSR count). The molecule has 0 aliphatic heterocycles. The highest BCUT2D eigenvalue weighted by atomic mass is 16.4. The van der Waals surface area contributed by atoms with Crippen molar-refractivity contribution in [3.8, 4) is 5.75 Å². The Labute approximate surface area is 244 Å². The van der Waals surface area contributed by atoms with Crippen LogP contribution in [0.15, 0.2) is 34.3 Å². The van der Waals surface area contributed by atoms with Gasteiger partial charge in [-0.1, -0.05) is 26.0 Å². The summed E-state index contributed by atoms with van der Waals surface area (Å²) in [7, 11) is 0. The van der Waals surface area contributed by atoms with Crippen LogP contribution in [0.1, 0.15) is 45.1 Å². The van der Waals surface area contributed by atoms with Gasteiger partial charge in [0.2, 0.25) is 17.7 Å². The molecule has 0 bridgehead atoms. The molecule has 234 valence electrons. The Morgan fingerprint density at radius 3 is 1.79 bits per heavy atom. The molecule has 0 aliphatic rings. The quantitative estimate of drug-likeness (QED) is 0.0485. The van der Waals surface area contributed by atoms with Crippen molar-refractivity contribution >= 4 is 35.6 Å². The van der Waals surface area contributed by atoms with Crippen LogP contribution < -0.4 is 44.6 Å². The number of hydrogen-bond donors (Lipinski definition) is 10. The largest absolute Gasteiger partial charge is 0.508 e. The summed E-state index contributed by atoms with van der Waals surface area (Å²) >= 11 is 0. The number of aliphatic carboxylic acids is 1.